The highest BCUT2D eigenvalue weighted by atomic mass is 32.2. The molecular formula is C14H15NO4S. The summed E-state index contributed by atoms with van der Waals surface area (Å²) in [7, 11) is -3.30. The Bertz CT molecular complexity index is 705. The number of nitrogens with one attached hydrogen (secondary N) is 1. The van der Waals surface area contributed by atoms with Crippen LogP contribution in [0.5, 0.6) is 0 Å². The summed E-state index contributed by atoms with van der Waals surface area (Å²) in [5.74, 6) is 0.0225. The van der Waals surface area contributed by atoms with Crippen LogP contribution in [0.3, 0.4) is 0 Å². The third-order valence-electron chi connectivity index (χ3n) is 2.78. The Morgan fingerprint density at radius 3 is 2.60 bits per heavy atom. The molecule has 0 unspecified atom stereocenters. The van der Waals surface area contributed by atoms with Crippen LogP contribution in [0, 0.1) is 0 Å². The summed E-state index contributed by atoms with van der Waals surface area (Å²) in [5.41, 5.74) is 1.17. The topological polar surface area (TPSA) is 76.4 Å². The second-order valence-electron chi connectivity index (χ2n) is 4.54. The van der Waals surface area contributed by atoms with Gasteiger partial charge in [0.05, 0.1) is 12.5 Å². The highest BCUT2D eigenvalue weighted by Gasteiger charge is 2.15. The first-order valence-corrected chi connectivity index (χ1v) is 7.91. The lowest BCUT2D eigenvalue weighted by atomic mass is 10.0. The van der Waals surface area contributed by atoms with Crippen molar-refractivity contribution >= 4 is 15.8 Å². The Hall–Kier alpha value is -1.92. The van der Waals surface area contributed by atoms with Gasteiger partial charge in [0.2, 0.25) is 15.8 Å². The minimum absolute atomic E-state index is 0.233. The van der Waals surface area contributed by atoms with Gasteiger partial charge in [-0.2, -0.15) is 0 Å². The lowest BCUT2D eigenvalue weighted by Crippen LogP contribution is -2.25. The number of furan rings is 1. The van der Waals surface area contributed by atoms with E-state index in [0.29, 0.717) is 11.1 Å². The van der Waals surface area contributed by atoms with Crippen LogP contribution in [0.2, 0.25) is 0 Å². The van der Waals surface area contributed by atoms with Crippen molar-refractivity contribution in [3.05, 3.63) is 59.5 Å². The first-order chi connectivity index (χ1) is 9.37. The molecular weight excluding hydrogens is 278 g/mol. The minimum Gasteiger partial charge on any atom is -0.461 e. The average Bonchev–Trinajstić information content (AvgIpc) is 2.90. The van der Waals surface area contributed by atoms with Gasteiger partial charge in [0, 0.05) is 11.6 Å². The van der Waals surface area contributed by atoms with Crippen molar-refractivity contribution in [2.24, 2.45) is 0 Å². The van der Waals surface area contributed by atoms with Gasteiger partial charge in [-0.25, -0.2) is 13.1 Å². The molecule has 106 valence electrons. The number of hydrogen-bond donors (Lipinski definition) is 1. The highest BCUT2D eigenvalue weighted by molar-refractivity contribution is 7.88. The Labute approximate surface area is 117 Å². The van der Waals surface area contributed by atoms with E-state index in [1.165, 1.54) is 6.26 Å². The van der Waals surface area contributed by atoms with Crippen LogP contribution in [0.25, 0.3) is 0 Å². The van der Waals surface area contributed by atoms with Crippen molar-refractivity contribution in [1.82, 2.24) is 4.72 Å². The summed E-state index contributed by atoms with van der Waals surface area (Å²) in [6.45, 7) is 1.72. The molecule has 0 amide bonds. The van der Waals surface area contributed by atoms with E-state index in [0.717, 1.165) is 6.26 Å². The Kier molecular flexibility index (Phi) is 4.06. The van der Waals surface area contributed by atoms with E-state index in [1.54, 1.807) is 43.3 Å². The second kappa shape index (κ2) is 5.60. The van der Waals surface area contributed by atoms with Crippen molar-refractivity contribution in [2.75, 3.05) is 6.26 Å². The van der Waals surface area contributed by atoms with E-state index in [2.05, 4.69) is 4.72 Å². The Morgan fingerprint density at radius 2 is 2.00 bits per heavy atom. The summed E-state index contributed by atoms with van der Waals surface area (Å²) in [5, 5.41) is 0. The van der Waals surface area contributed by atoms with Crippen LogP contribution >= 0.6 is 0 Å². The smallest absolute Gasteiger partial charge is 0.228 e. The van der Waals surface area contributed by atoms with E-state index in [4.69, 9.17) is 4.42 Å². The van der Waals surface area contributed by atoms with Gasteiger partial charge in [-0.3, -0.25) is 4.79 Å². The molecule has 2 aromatic rings. The summed E-state index contributed by atoms with van der Waals surface area (Å²) < 4.78 is 30.0. The van der Waals surface area contributed by atoms with E-state index < -0.39 is 16.1 Å². The standard InChI is InChI=1S/C14H15NO4S/c1-10(15-20(2,17)18)11-5-3-6-12(9-11)14(16)13-7-4-8-19-13/h3-10,15H,1-2H3/t10-/m1/s1. The molecule has 6 heteroatoms. The number of carbonyl (C=O) groups is 1. The maximum Gasteiger partial charge on any atom is 0.228 e. The molecule has 1 atom stereocenters. The van der Waals surface area contributed by atoms with Crippen LogP contribution in [-0.2, 0) is 10.0 Å². The van der Waals surface area contributed by atoms with Crippen LogP contribution in [-0.4, -0.2) is 20.5 Å². The molecule has 1 heterocycles. The molecule has 0 aliphatic carbocycles. The van der Waals surface area contributed by atoms with Gasteiger partial charge in [0.1, 0.15) is 0 Å². The van der Waals surface area contributed by atoms with Crippen molar-refractivity contribution in [3.63, 3.8) is 0 Å². The zero-order valence-electron chi connectivity index (χ0n) is 11.2. The van der Waals surface area contributed by atoms with Gasteiger partial charge in [-0.15, -0.1) is 0 Å². The van der Waals surface area contributed by atoms with Gasteiger partial charge in [0.25, 0.3) is 0 Å². The van der Waals surface area contributed by atoms with Gasteiger partial charge in [-0.1, -0.05) is 18.2 Å². The number of hydrogen-bond acceptors (Lipinski definition) is 4. The first kappa shape index (κ1) is 14.5. The maximum atomic E-state index is 12.1. The summed E-state index contributed by atoms with van der Waals surface area (Å²) in [4.78, 5) is 12.1. The highest BCUT2D eigenvalue weighted by Crippen LogP contribution is 2.17. The molecule has 1 aromatic carbocycles. The summed E-state index contributed by atoms with van der Waals surface area (Å²) in [6.07, 6.45) is 2.53. The second-order valence-corrected chi connectivity index (χ2v) is 6.32. The van der Waals surface area contributed by atoms with Gasteiger partial charge in [0.15, 0.2) is 5.76 Å². The molecule has 0 radical (unpaired) electrons. The normalized spacial score (nSPS) is 13.1. The Morgan fingerprint density at radius 1 is 1.25 bits per heavy atom. The molecule has 0 bridgehead atoms. The summed E-state index contributed by atoms with van der Waals surface area (Å²) in [6, 6.07) is 9.63. The number of ketones is 1. The predicted molar refractivity (Wildman–Crippen MR) is 75.0 cm³/mol. The SMILES string of the molecule is C[C@@H](NS(C)(=O)=O)c1cccc(C(=O)c2ccco2)c1. The third kappa shape index (κ3) is 3.55. The minimum atomic E-state index is -3.30. The van der Waals surface area contributed by atoms with Crippen LogP contribution in [0.15, 0.2) is 47.1 Å². The molecule has 0 saturated carbocycles. The molecule has 0 fully saturated rings. The number of rotatable bonds is 5. The van der Waals surface area contributed by atoms with Crippen molar-refractivity contribution in [1.29, 1.82) is 0 Å². The predicted octanol–water partition coefficient (Wildman–Crippen LogP) is 2.12. The summed E-state index contributed by atoms with van der Waals surface area (Å²) >= 11 is 0. The number of sulfonamides is 1. The van der Waals surface area contributed by atoms with Crippen molar-refractivity contribution < 1.29 is 17.6 Å². The van der Waals surface area contributed by atoms with E-state index in [-0.39, 0.29) is 11.5 Å². The fraction of sp³-hybridized carbons (Fsp3) is 0.214. The number of carbonyl (C=O) groups excluding carboxylic acids is 1. The van der Waals surface area contributed by atoms with Gasteiger partial charge >= 0.3 is 0 Å². The average molecular weight is 293 g/mol. The molecule has 0 spiro atoms. The molecule has 2 rings (SSSR count). The van der Waals surface area contributed by atoms with E-state index in [1.807, 2.05) is 0 Å². The fourth-order valence-electron chi connectivity index (χ4n) is 1.89. The monoisotopic (exact) mass is 293 g/mol. The van der Waals surface area contributed by atoms with Crippen molar-refractivity contribution in [2.45, 2.75) is 13.0 Å². The van der Waals surface area contributed by atoms with Gasteiger partial charge in [-0.05, 0) is 30.7 Å². The molecule has 0 aliphatic heterocycles. The van der Waals surface area contributed by atoms with Crippen LogP contribution in [0.1, 0.15) is 34.6 Å². The molecule has 0 aliphatic rings. The molecule has 20 heavy (non-hydrogen) atoms. The first-order valence-electron chi connectivity index (χ1n) is 6.02. The maximum absolute atomic E-state index is 12.1. The quantitative estimate of drug-likeness (QED) is 0.857. The van der Waals surface area contributed by atoms with E-state index >= 15 is 0 Å². The lowest BCUT2D eigenvalue weighted by molar-refractivity contribution is 0.101. The van der Waals surface area contributed by atoms with Crippen LogP contribution in [0.4, 0.5) is 0 Å². The molecule has 1 N–H and O–H groups in total. The molecule has 1 aromatic heterocycles. The zero-order chi connectivity index (χ0) is 14.8. The number of benzene rings is 1. The lowest BCUT2D eigenvalue weighted by Gasteiger charge is -2.13. The largest absolute Gasteiger partial charge is 0.461 e. The van der Waals surface area contributed by atoms with Gasteiger partial charge < -0.3 is 4.42 Å². The molecule has 5 nitrogen and oxygen atoms in total. The zero-order valence-corrected chi connectivity index (χ0v) is 12.0. The van der Waals surface area contributed by atoms with E-state index in [9.17, 15) is 13.2 Å². The van der Waals surface area contributed by atoms with Crippen molar-refractivity contribution in [3.8, 4) is 0 Å². The Balaban J connectivity index is 2.26. The van der Waals surface area contributed by atoms with Crippen LogP contribution < -0.4 is 4.72 Å². The fourth-order valence-corrected chi connectivity index (χ4v) is 2.67. The third-order valence-corrected chi connectivity index (χ3v) is 3.57. The molecule has 0 saturated heterocycles.